The number of aliphatic carboxylic acids is 1. The molecule has 4 heteroatoms. The molecule has 0 aliphatic heterocycles. The number of carbonyl (C=O) groups excluding carboxylic acids is 1. The highest BCUT2D eigenvalue weighted by Crippen LogP contribution is 2.21. The summed E-state index contributed by atoms with van der Waals surface area (Å²) in [4.78, 5) is 22.9. The largest absolute Gasteiger partial charge is 0.479 e. The lowest BCUT2D eigenvalue weighted by Crippen LogP contribution is -2.23. The predicted molar refractivity (Wildman–Crippen MR) is 90.7 cm³/mol. The van der Waals surface area contributed by atoms with E-state index in [1.807, 2.05) is 6.07 Å². The van der Waals surface area contributed by atoms with Crippen LogP contribution in [-0.2, 0) is 4.79 Å². The average molecular weight is 312 g/mol. The molecule has 1 unspecified atom stereocenters. The number of carbonyl (C=O) groups is 2. The first-order valence-electron chi connectivity index (χ1n) is 6.84. The lowest BCUT2D eigenvalue weighted by Gasteiger charge is -2.12. The van der Waals surface area contributed by atoms with Gasteiger partial charge in [0.2, 0.25) is 0 Å². The number of benzene rings is 2. The Morgan fingerprint density at radius 2 is 1.65 bits per heavy atom. The summed E-state index contributed by atoms with van der Waals surface area (Å²) in [5.74, 6) is -0.740. The summed E-state index contributed by atoms with van der Waals surface area (Å²) in [5.41, 5.74) is 1.25. The van der Waals surface area contributed by atoms with E-state index in [0.717, 1.165) is 0 Å². The van der Waals surface area contributed by atoms with Crippen LogP contribution in [0.2, 0.25) is 0 Å². The second-order valence-electron chi connectivity index (χ2n) is 4.70. The van der Waals surface area contributed by atoms with E-state index < -0.39 is 12.1 Å². The van der Waals surface area contributed by atoms with Crippen LogP contribution in [0.3, 0.4) is 0 Å². The van der Waals surface area contributed by atoms with Gasteiger partial charge < -0.3 is 9.84 Å². The van der Waals surface area contributed by atoms with Gasteiger partial charge >= 0.3 is 5.97 Å². The lowest BCUT2D eigenvalue weighted by atomic mass is 10.1. The zero-order valence-corrected chi connectivity index (χ0v) is 12.1. The molecular formula is C19H20O4. The van der Waals surface area contributed by atoms with E-state index in [4.69, 9.17) is 9.84 Å². The standard InChI is InChI=1S/C18H16O4.CH4/c1-13(18(20)21)22-17-10-6-5-9-15(17)11-12-16(19)14-7-3-2-4-8-14;/h2-13H,1H3,(H,20,21);1H4. The van der Waals surface area contributed by atoms with Gasteiger partial charge in [0.1, 0.15) is 5.75 Å². The Morgan fingerprint density at radius 3 is 2.30 bits per heavy atom. The molecule has 0 fully saturated rings. The molecular weight excluding hydrogens is 292 g/mol. The van der Waals surface area contributed by atoms with Gasteiger partial charge in [0, 0.05) is 11.1 Å². The van der Waals surface area contributed by atoms with Gasteiger partial charge in [-0.05, 0) is 25.1 Å². The number of allylic oxidation sites excluding steroid dienone is 1. The summed E-state index contributed by atoms with van der Waals surface area (Å²) in [6.07, 6.45) is 2.11. The van der Waals surface area contributed by atoms with Gasteiger partial charge in [-0.3, -0.25) is 4.79 Å². The van der Waals surface area contributed by atoms with Gasteiger partial charge in [-0.15, -0.1) is 0 Å². The Labute approximate surface area is 136 Å². The van der Waals surface area contributed by atoms with Crippen LogP contribution in [0.15, 0.2) is 60.7 Å². The molecule has 2 aromatic carbocycles. The predicted octanol–water partition coefficient (Wildman–Crippen LogP) is 4.07. The van der Waals surface area contributed by atoms with Gasteiger partial charge in [-0.25, -0.2) is 4.79 Å². The molecule has 0 saturated carbocycles. The van der Waals surface area contributed by atoms with Gasteiger partial charge in [-0.1, -0.05) is 56.0 Å². The van der Waals surface area contributed by atoms with Crippen molar-refractivity contribution in [3.8, 4) is 5.75 Å². The Morgan fingerprint density at radius 1 is 1.04 bits per heavy atom. The van der Waals surface area contributed by atoms with Crippen LogP contribution in [0, 0.1) is 0 Å². The third-order valence-corrected chi connectivity index (χ3v) is 3.04. The van der Waals surface area contributed by atoms with Crippen LogP contribution in [0.4, 0.5) is 0 Å². The first kappa shape index (κ1) is 18.2. The summed E-state index contributed by atoms with van der Waals surface area (Å²) >= 11 is 0. The molecule has 23 heavy (non-hydrogen) atoms. The highest BCUT2D eigenvalue weighted by Gasteiger charge is 2.13. The summed E-state index contributed by atoms with van der Waals surface area (Å²) in [5, 5.41) is 8.90. The van der Waals surface area contributed by atoms with Crippen molar-refractivity contribution in [3.05, 3.63) is 71.8 Å². The maximum atomic E-state index is 12.0. The van der Waals surface area contributed by atoms with Crippen LogP contribution in [-0.4, -0.2) is 23.0 Å². The number of ketones is 1. The van der Waals surface area contributed by atoms with Crippen molar-refractivity contribution >= 4 is 17.8 Å². The van der Waals surface area contributed by atoms with Crippen molar-refractivity contribution < 1.29 is 19.4 Å². The molecule has 0 radical (unpaired) electrons. The van der Waals surface area contributed by atoms with Gasteiger partial charge in [-0.2, -0.15) is 0 Å². The third-order valence-electron chi connectivity index (χ3n) is 3.04. The van der Waals surface area contributed by atoms with Crippen LogP contribution >= 0.6 is 0 Å². The molecule has 0 amide bonds. The van der Waals surface area contributed by atoms with E-state index in [1.54, 1.807) is 54.6 Å². The molecule has 0 aliphatic rings. The molecule has 2 rings (SSSR count). The highest BCUT2D eigenvalue weighted by atomic mass is 16.5. The van der Waals surface area contributed by atoms with Crippen molar-refractivity contribution in [2.45, 2.75) is 20.5 Å². The van der Waals surface area contributed by atoms with E-state index >= 15 is 0 Å². The molecule has 0 aromatic heterocycles. The van der Waals surface area contributed by atoms with Gasteiger partial charge in [0.05, 0.1) is 0 Å². The molecule has 0 saturated heterocycles. The Kier molecular flexibility index (Phi) is 6.74. The number of carboxylic acid groups (broad SMARTS) is 1. The SMILES string of the molecule is C.CC(Oc1ccccc1C=CC(=O)c1ccccc1)C(=O)O. The zero-order chi connectivity index (χ0) is 15.9. The maximum absolute atomic E-state index is 12.0. The monoisotopic (exact) mass is 312 g/mol. The smallest absolute Gasteiger partial charge is 0.344 e. The first-order chi connectivity index (χ1) is 10.6. The molecule has 120 valence electrons. The second-order valence-corrected chi connectivity index (χ2v) is 4.70. The number of ether oxygens (including phenoxy) is 1. The normalized spacial score (nSPS) is 11.5. The third kappa shape index (κ3) is 5.11. The zero-order valence-electron chi connectivity index (χ0n) is 12.1. The van der Waals surface area contributed by atoms with Crippen LogP contribution in [0.25, 0.3) is 6.08 Å². The first-order valence-corrected chi connectivity index (χ1v) is 6.84. The van der Waals surface area contributed by atoms with Crippen molar-refractivity contribution in [1.82, 2.24) is 0 Å². The van der Waals surface area contributed by atoms with E-state index in [1.165, 1.54) is 13.0 Å². The second kappa shape index (κ2) is 8.54. The van der Waals surface area contributed by atoms with Crippen LogP contribution in [0.1, 0.15) is 30.3 Å². The molecule has 0 bridgehead atoms. The molecule has 2 aromatic rings. The van der Waals surface area contributed by atoms with Gasteiger partial charge in [0.15, 0.2) is 11.9 Å². The quantitative estimate of drug-likeness (QED) is 0.645. The summed E-state index contributed by atoms with van der Waals surface area (Å²) in [6.45, 7) is 1.46. The van der Waals surface area contributed by atoms with E-state index in [0.29, 0.717) is 16.9 Å². The van der Waals surface area contributed by atoms with E-state index in [2.05, 4.69) is 0 Å². The minimum absolute atomic E-state index is 0. The number of para-hydroxylation sites is 1. The van der Waals surface area contributed by atoms with Crippen molar-refractivity contribution in [2.75, 3.05) is 0 Å². The number of hydrogen-bond donors (Lipinski definition) is 1. The minimum atomic E-state index is -1.04. The van der Waals surface area contributed by atoms with Crippen molar-refractivity contribution in [2.24, 2.45) is 0 Å². The number of hydrogen-bond acceptors (Lipinski definition) is 3. The number of carboxylic acids is 1. The molecule has 1 atom stereocenters. The Hall–Kier alpha value is -2.88. The van der Waals surface area contributed by atoms with E-state index in [-0.39, 0.29) is 13.2 Å². The fourth-order valence-electron chi connectivity index (χ4n) is 1.83. The van der Waals surface area contributed by atoms with Crippen molar-refractivity contribution in [1.29, 1.82) is 0 Å². The van der Waals surface area contributed by atoms with Crippen molar-refractivity contribution in [3.63, 3.8) is 0 Å². The van der Waals surface area contributed by atoms with Crippen LogP contribution < -0.4 is 4.74 Å². The molecule has 0 spiro atoms. The fourth-order valence-corrected chi connectivity index (χ4v) is 1.83. The highest BCUT2D eigenvalue weighted by molar-refractivity contribution is 6.06. The molecule has 0 aliphatic carbocycles. The lowest BCUT2D eigenvalue weighted by molar-refractivity contribution is -0.144. The number of rotatable bonds is 6. The Balaban J connectivity index is 0.00000264. The summed E-state index contributed by atoms with van der Waals surface area (Å²) < 4.78 is 5.38. The fraction of sp³-hybridized carbons (Fsp3) is 0.158. The molecule has 1 N–H and O–H groups in total. The Bertz CT molecular complexity index is 690. The van der Waals surface area contributed by atoms with Gasteiger partial charge in [0.25, 0.3) is 0 Å². The topological polar surface area (TPSA) is 63.6 Å². The summed E-state index contributed by atoms with van der Waals surface area (Å²) in [7, 11) is 0. The minimum Gasteiger partial charge on any atom is -0.479 e. The molecule has 4 nitrogen and oxygen atoms in total. The average Bonchev–Trinajstić information content (AvgIpc) is 2.54. The molecule has 0 heterocycles. The maximum Gasteiger partial charge on any atom is 0.344 e. The van der Waals surface area contributed by atoms with E-state index in [9.17, 15) is 9.59 Å². The summed E-state index contributed by atoms with van der Waals surface area (Å²) in [6, 6.07) is 15.9. The van der Waals surface area contributed by atoms with Crippen LogP contribution in [0.5, 0.6) is 5.75 Å².